The maximum Gasteiger partial charge on any atom is 0.255 e. The van der Waals surface area contributed by atoms with E-state index in [1.807, 2.05) is 6.92 Å². The first kappa shape index (κ1) is 17.5. The van der Waals surface area contributed by atoms with Gasteiger partial charge in [0.2, 0.25) is 0 Å². The van der Waals surface area contributed by atoms with E-state index >= 15 is 0 Å². The Kier molecular flexibility index (Phi) is 5.95. The Morgan fingerprint density at radius 1 is 1.04 bits per heavy atom. The smallest absolute Gasteiger partial charge is 0.255 e. The molecular formula is C19H22N2O3. The summed E-state index contributed by atoms with van der Waals surface area (Å²) >= 11 is 0. The monoisotopic (exact) mass is 326 g/mol. The molecule has 0 aromatic heterocycles. The van der Waals surface area contributed by atoms with Crippen molar-refractivity contribution in [2.45, 2.75) is 13.3 Å². The number of anilines is 1. The summed E-state index contributed by atoms with van der Waals surface area (Å²) in [4.78, 5) is 26.1. The number of hydrogen-bond donors (Lipinski definition) is 1. The predicted molar refractivity (Wildman–Crippen MR) is 94.6 cm³/mol. The molecule has 2 aromatic rings. The molecule has 0 saturated heterocycles. The molecule has 0 aliphatic heterocycles. The van der Waals surface area contributed by atoms with Gasteiger partial charge in [-0.3, -0.25) is 9.59 Å². The number of nitrogens with one attached hydrogen (secondary N) is 1. The summed E-state index contributed by atoms with van der Waals surface area (Å²) in [5.74, 6) is 0.307. The Balaban J connectivity index is 2.14. The molecule has 0 bridgehead atoms. The van der Waals surface area contributed by atoms with Gasteiger partial charge < -0.3 is 15.0 Å². The molecule has 0 radical (unpaired) electrons. The van der Waals surface area contributed by atoms with Crippen molar-refractivity contribution in [2.75, 3.05) is 26.0 Å². The van der Waals surface area contributed by atoms with Crippen molar-refractivity contribution in [1.82, 2.24) is 4.90 Å². The molecule has 0 saturated carbocycles. The van der Waals surface area contributed by atoms with E-state index in [-0.39, 0.29) is 11.8 Å². The van der Waals surface area contributed by atoms with Gasteiger partial charge in [0.1, 0.15) is 5.75 Å². The highest BCUT2D eigenvalue weighted by atomic mass is 16.5. The Morgan fingerprint density at radius 3 is 2.33 bits per heavy atom. The van der Waals surface area contributed by atoms with E-state index in [0.29, 0.717) is 23.4 Å². The summed E-state index contributed by atoms with van der Waals surface area (Å²) in [6, 6.07) is 13.9. The van der Waals surface area contributed by atoms with Crippen LogP contribution >= 0.6 is 0 Å². The zero-order valence-corrected chi connectivity index (χ0v) is 14.2. The molecule has 0 aliphatic carbocycles. The van der Waals surface area contributed by atoms with Crippen LogP contribution in [0.3, 0.4) is 0 Å². The van der Waals surface area contributed by atoms with Gasteiger partial charge in [-0.2, -0.15) is 0 Å². The molecule has 5 nitrogen and oxygen atoms in total. The van der Waals surface area contributed by atoms with Crippen molar-refractivity contribution < 1.29 is 14.3 Å². The molecule has 5 heteroatoms. The van der Waals surface area contributed by atoms with Crippen molar-refractivity contribution in [2.24, 2.45) is 0 Å². The Hall–Kier alpha value is -2.82. The van der Waals surface area contributed by atoms with Crippen molar-refractivity contribution >= 4 is 17.5 Å². The van der Waals surface area contributed by atoms with Crippen LogP contribution in [0.5, 0.6) is 5.75 Å². The van der Waals surface area contributed by atoms with E-state index in [9.17, 15) is 9.59 Å². The van der Waals surface area contributed by atoms with Gasteiger partial charge in [0, 0.05) is 19.7 Å². The van der Waals surface area contributed by atoms with Gasteiger partial charge in [-0.1, -0.05) is 19.1 Å². The van der Waals surface area contributed by atoms with E-state index < -0.39 is 0 Å². The number of benzene rings is 2. The summed E-state index contributed by atoms with van der Waals surface area (Å²) in [6.45, 7) is 2.68. The number of carbonyl (C=O) groups is 2. The Morgan fingerprint density at radius 2 is 1.71 bits per heavy atom. The summed E-state index contributed by atoms with van der Waals surface area (Å²) in [6.07, 6.45) is 0.929. The standard InChI is InChI=1S/C19H22N2O3/c1-4-13-24-15-11-9-14(10-12-15)18(22)20-17-8-6-5-7-16(17)19(23)21(2)3/h5-12H,4,13H2,1-3H3,(H,20,22). The quantitative estimate of drug-likeness (QED) is 0.885. The zero-order chi connectivity index (χ0) is 17.5. The van der Waals surface area contributed by atoms with Crippen LogP contribution in [0, 0.1) is 0 Å². The van der Waals surface area contributed by atoms with E-state index in [1.54, 1.807) is 62.6 Å². The lowest BCUT2D eigenvalue weighted by Crippen LogP contribution is -2.24. The second kappa shape index (κ2) is 8.15. The minimum absolute atomic E-state index is 0.158. The van der Waals surface area contributed by atoms with Crippen LogP contribution in [-0.4, -0.2) is 37.4 Å². The second-order valence-electron chi connectivity index (χ2n) is 5.57. The lowest BCUT2D eigenvalue weighted by molar-refractivity contribution is 0.0828. The fraction of sp³-hybridized carbons (Fsp3) is 0.263. The first-order valence-electron chi connectivity index (χ1n) is 7.87. The van der Waals surface area contributed by atoms with E-state index in [2.05, 4.69) is 5.32 Å². The van der Waals surface area contributed by atoms with Crippen molar-refractivity contribution in [1.29, 1.82) is 0 Å². The number of nitrogens with zero attached hydrogens (tertiary/aromatic N) is 1. The number of rotatable bonds is 6. The van der Waals surface area contributed by atoms with Gasteiger partial charge in [-0.25, -0.2) is 0 Å². The van der Waals surface area contributed by atoms with Gasteiger partial charge in [-0.15, -0.1) is 0 Å². The maximum absolute atomic E-state index is 12.4. The summed E-state index contributed by atoms with van der Waals surface area (Å²) in [7, 11) is 3.35. The average molecular weight is 326 g/mol. The zero-order valence-electron chi connectivity index (χ0n) is 14.2. The van der Waals surface area contributed by atoms with Crippen molar-refractivity contribution in [3.05, 3.63) is 59.7 Å². The molecule has 1 N–H and O–H groups in total. The Bertz CT molecular complexity index is 709. The molecule has 126 valence electrons. The lowest BCUT2D eigenvalue weighted by Gasteiger charge is -2.14. The molecule has 0 heterocycles. The molecule has 0 spiro atoms. The van der Waals surface area contributed by atoms with Crippen LogP contribution in [-0.2, 0) is 0 Å². The summed E-state index contributed by atoms with van der Waals surface area (Å²) < 4.78 is 5.50. The van der Waals surface area contributed by atoms with Crippen LogP contribution in [0.15, 0.2) is 48.5 Å². The van der Waals surface area contributed by atoms with Gasteiger partial charge >= 0.3 is 0 Å². The number of ether oxygens (including phenoxy) is 1. The largest absolute Gasteiger partial charge is 0.494 e. The van der Waals surface area contributed by atoms with E-state index in [4.69, 9.17) is 4.74 Å². The third kappa shape index (κ3) is 4.35. The first-order valence-corrected chi connectivity index (χ1v) is 7.87. The number of hydrogen-bond acceptors (Lipinski definition) is 3. The fourth-order valence-corrected chi connectivity index (χ4v) is 2.14. The molecule has 0 atom stereocenters. The van der Waals surface area contributed by atoms with Crippen LogP contribution in [0.1, 0.15) is 34.1 Å². The predicted octanol–water partition coefficient (Wildman–Crippen LogP) is 3.43. The van der Waals surface area contributed by atoms with Gasteiger partial charge in [0.25, 0.3) is 11.8 Å². The number of amides is 2. The molecular weight excluding hydrogens is 304 g/mol. The molecule has 0 aliphatic rings. The fourth-order valence-electron chi connectivity index (χ4n) is 2.14. The average Bonchev–Trinajstić information content (AvgIpc) is 2.60. The topological polar surface area (TPSA) is 58.6 Å². The highest BCUT2D eigenvalue weighted by Crippen LogP contribution is 2.19. The molecule has 24 heavy (non-hydrogen) atoms. The van der Waals surface area contributed by atoms with Crippen LogP contribution in [0.2, 0.25) is 0 Å². The third-order valence-electron chi connectivity index (χ3n) is 3.40. The van der Waals surface area contributed by atoms with Crippen molar-refractivity contribution in [3.8, 4) is 5.75 Å². The molecule has 0 fully saturated rings. The van der Waals surface area contributed by atoms with E-state index in [1.165, 1.54) is 4.90 Å². The number of para-hydroxylation sites is 1. The molecule has 0 unspecified atom stereocenters. The molecule has 2 aromatic carbocycles. The van der Waals surface area contributed by atoms with Crippen LogP contribution in [0.4, 0.5) is 5.69 Å². The Labute approximate surface area is 142 Å². The minimum Gasteiger partial charge on any atom is -0.494 e. The SMILES string of the molecule is CCCOc1ccc(C(=O)Nc2ccccc2C(=O)N(C)C)cc1. The maximum atomic E-state index is 12.4. The van der Waals surface area contributed by atoms with Gasteiger partial charge in [-0.05, 0) is 42.8 Å². The number of carbonyl (C=O) groups excluding carboxylic acids is 2. The van der Waals surface area contributed by atoms with Crippen LogP contribution < -0.4 is 10.1 Å². The summed E-state index contributed by atoms with van der Waals surface area (Å²) in [5.41, 5.74) is 1.46. The minimum atomic E-state index is -0.268. The van der Waals surface area contributed by atoms with Crippen molar-refractivity contribution in [3.63, 3.8) is 0 Å². The molecule has 2 amide bonds. The highest BCUT2D eigenvalue weighted by Gasteiger charge is 2.15. The second-order valence-corrected chi connectivity index (χ2v) is 5.57. The normalized spacial score (nSPS) is 10.1. The first-order chi connectivity index (χ1) is 11.5. The lowest BCUT2D eigenvalue weighted by atomic mass is 10.1. The summed E-state index contributed by atoms with van der Waals surface area (Å²) in [5, 5.41) is 2.80. The van der Waals surface area contributed by atoms with Gasteiger partial charge in [0.05, 0.1) is 17.9 Å². The highest BCUT2D eigenvalue weighted by molar-refractivity contribution is 6.08. The van der Waals surface area contributed by atoms with Crippen LogP contribution in [0.25, 0.3) is 0 Å². The van der Waals surface area contributed by atoms with Gasteiger partial charge in [0.15, 0.2) is 0 Å². The third-order valence-corrected chi connectivity index (χ3v) is 3.40. The van der Waals surface area contributed by atoms with E-state index in [0.717, 1.165) is 12.2 Å². The molecule has 2 rings (SSSR count).